The highest BCUT2D eigenvalue weighted by atomic mass is 79.9. The fourth-order valence-corrected chi connectivity index (χ4v) is 2.90. The molecule has 1 heterocycles. The van der Waals surface area contributed by atoms with E-state index in [2.05, 4.69) is 26.2 Å². The molecule has 0 atom stereocenters. The number of hydrogen-bond acceptors (Lipinski definition) is 4. The van der Waals surface area contributed by atoms with Gasteiger partial charge < -0.3 is 4.74 Å². The first-order valence-electron chi connectivity index (χ1n) is 8.26. The largest absolute Gasteiger partial charge is 0.461 e. The third-order valence-corrected chi connectivity index (χ3v) is 4.47. The molecular weight excluding hydrogens is 394 g/mol. The average Bonchev–Trinajstić information content (AvgIpc) is 3.05. The molecule has 0 fully saturated rings. The van der Waals surface area contributed by atoms with E-state index < -0.39 is 5.97 Å². The summed E-state index contributed by atoms with van der Waals surface area (Å²) in [7, 11) is 0. The van der Waals surface area contributed by atoms with Crippen molar-refractivity contribution in [3.05, 3.63) is 81.6 Å². The SMILES string of the molecule is CCOC(=O)c1nnn(Cc2ccccc2)c1/C=C/c1ccccc1Br. The van der Waals surface area contributed by atoms with Gasteiger partial charge in [-0.1, -0.05) is 75.8 Å². The molecule has 132 valence electrons. The van der Waals surface area contributed by atoms with Crippen molar-refractivity contribution in [3.8, 4) is 0 Å². The van der Waals surface area contributed by atoms with Crippen molar-refractivity contribution in [1.29, 1.82) is 0 Å². The van der Waals surface area contributed by atoms with E-state index in [4.69, 9.17) is 4.74 Å². The summed E-state index contributed by atoms with van der Waals surface area (Å²) in [6, 6.07) is 17.8. The molecule has 0 aliphatic carbocycles. The van der Waals surface area contributed by atoms with Crippen LogP contribution in [0.5, 0.6) is 0 Å². The summed E-state index contributed by atoms with van der Waals surface area (Å²) in [5.41, 5.74) is 2.90. The van der Waals surface area contributed by atoms with Gasteiger partial charge in [-0.3, -0.25) is 0 Å². The van der Waals surface area contributed by atoms with E-state index in [-0.39, 0.29) is 12.3 Å². The van der Waals surface area contributed by atoms with Gasteiger partial charge in [0.15, 0.2) is 5.69 Å². The standard InChI is InChI=1S/C20H18BrN3O2/c1-2-26-20(25)19-18(13-12-16-10-6-7-11-17(16)21)24(23-22-19)14-15-8-4-3-5-9-15/h3-13H,2,14H2,1H3/b13-12+. The van der Waals surface area contributed by atoms with Crippen LogP contribution in [0.2, 0.25) is 0 Å². The third kappa shape index (κ3) is 4.26. The topological polar surface area (TPSA) is 57.0 Å². The second-order valence-electron chi connectivity index (χ2n) is 5.54. The van der Waals surface area contributed by atoms with Crippen molar-refractivity contribution in [1.82, 2.24) is 15.0 Å². The average molecular weight is 412 g/mol. The minimum absolute atomic E-state index is 0.214. The van der Waals surface area contributed by atoms with Gasteiger partial charge in [0.1, 0.15) is 0 Å². The zero-order chi connectivity index (χ0) is 18.4. The van der Waals surface area contributed by atoms with Gasteiger partial charge in [-0.2, -0.15) is 0 Å². The fraction of sp³-hybridized carbons (Fsp3) is 0.150. The van der Waals surface area contributed by atoms with E-state index in [0.29, 0.717) is 12.2 Å². The highest BCUT2D eigenvalue weighted by Crippen LogP contribution is 2.20. The van der Waals surface area contributed by atoms with Crippen molar-refractivity contribution in [2.24, 2.45) is 0 Å². The van der Waals surface area contributed by atoms with Crippen LogP contribution < -0.4 is 0 Å². The number of halogens is 1. The number of esters is 1. The Morgan fingerprint density at radius 3 is 2.58 bits per heavy atom. The molecule has 0 amide bonds. The summed E-state index contributed by atoms with van der Waals surface area (Å²) >= 11 is 3.52. The van der Waals surface area contributed by atoms with E-state index >= 15 is 0 Å². The molecule has 0 radical (unpaired) electrons. The summed E-state index contributed by atoms with van der Waals surface area (Å²) in [5.74, 6) is -0.474. The van der Waals surface area contributed by atoms with Crippen LogP contribution in [0.4, 0.5) is 0 Å². The highest BCUT2D eigenvalue weighted by molar-refractivity contribution is 9.10. The van der Waals surface area contributed by atoms with Gasteiger partial charge in [0.05, 0.1) is 18.8 Å². The number of ether oxygens (including phenoxy) is 1. The molecule has 0 unspecified atom stereocenters. The monoisotopic (exact) mass is 411 g/mol. The van der Waals surface area contributed by atoms with Crippen LogP contribution in [0.25, 0.3) is 12.2 Å². The number of hydrogen-bond donors (Lipinski definition) is 0. The van der Waals surface area contributed by atoms with Crippen molar-refractivity contribution in [3.63, 3.8) is 0 Å². The molecule has 1 aromatic heterocycles. The first-order chi connectivity index (χ1) is 12.7. The van der Waals surface area contributed by atoms with Crippen LogP contribution in [-0.2, 0) is 11.3 Å². The van der Waals surface area contributed by atoms with E-state index in [1.807, 2.05) is 66.7 Å². The summed E-state index contributed by atoms with van der Waals surface area (Å²) in [6.07, 6.45) is 3.77. The predicted octanol–water partition coefficient (Wildman–Crippen LogP) is 4.44. The summed E-state index contributed by atoms with van der Waals surface area (Å²) in [6.45, 7) is 2.57. The smallest absolute Gasteiger partial charge is 0.361 e. The molecular formula is C20H18BrN3O2. The molecule has 0 saturated heterocycles. The first kappa shape index (κ1) is 18.1. The minimum atomic E-state index is -0.474. The predicted molar refractivity (Wildman–Crippen MR) is 105 cm³/mol. The van der Waals surface area contributed by atoms with Crippen molar-refractivity contribution < 1.29 is 9.53 Å². The number of carbonyl (C=O) groups is 1. The summed E-state index contributed by atoms with van der Waals surface area (Å²) < 4.78 is 7.78. The molecule has 6 heteroatoms. The maximum absolute atomic E-state index is 12.2. The quantitative estimate of drug-likeness (QED) is 0.562. The Morgan fingerprint density at radius 1 is 1.12 bits per heavy atom. The maximum Gasteiger partial charge on any atom is 0.361 e. The second-order valence-corrected chi connectivity index (χ2v) is 6.40. The highest BCUT2D eigenvalue weighted by Gasteiger charge is 2.19. The van der Waals surface area contributed by atoms with E-state index in [1.165, 1.54) is 0 Å². The van der Waals surface area contributed by atoms with Crippen LogP contribution in [0.1, 0.15) is 34.2 Å². The van der Waals surface area contributed by atoms with Crippen molar-refractivity contribution in [2.45, 2.75) is 13.5 Å². The first-order valence-corrected chi connectivity index (χ1v) is 9.05. The molecule has 5 nitrogen and oxygen atoms in total. The number of carbonyl (C=O) groups excluding carboxylic acids is 1. The second kappa shape index (κ2) is 8.58. The lowest BCUT2D eigenvalue weighted by Gasteiger charge is -2.05. The van der Waals surface area contributed by atoms with Crippen LogP contribution in [0.3, 0.4) is 0 Å². The van der Waals surface area contributed by atoms with Crippen LogP contribution in [0, 0.1) is 0 Å². The Kier molecular flexibility index (Phi) is 5.96. The van der Waals surface area contributed by atoms with Crippen LogP contribution in [0.15, 0.2) is 59.1 Å². The van der Waals surface area contributed by atoms with E-state index in [9.17, 15) is 4.79 Å². The van der Waals surface area contributed by atoms with Gasteiger partial charge >= 0.3 is 5.97 Å². The zero-order valence-corrected chi connectivity index (χ0v) is 15.9. The van der Waals surface area contributed by atoms with Gasteiger partial charge in [-0.15, -0.1) is 5.10 Å². The van der Waals surface area contributed by atoms with E-state index in [0.717, 1.165) is 15.6 Å². The molecule has 0 bridgehead atoms. The fourth-order valence-electron chi connectivity index (χ4n) is 2.48. The van der Waals surface area contributed by atoms with Gasteiger partial charge in [-0.25, -0.2) is 9.48 Å². The zero-order valence-electron chi connectivity index (χ0n) is 14.3. The normalized spacial score (nSPS) is 11.0. The molecule has 3 rings (SSSR count). The van der Waals surface area contributed by atoms with Crippen molar-refractivity contribution in [2.75, 3.05) is 6.61 Å². The molecule has 3 aromatic rings. The van der Waals surface area contributed by atoms with E-state index in [1.54, 1.807) is 11.6 Å². The van der Waals surface area contributed by atoms with Crippen molar-refractivity contribution >= 4 is 34.1 Å². The summed E-state index contributed by atoms with van der Waals surface area (Å²) in [4.78, 5) is 12.2. The minimum Gasteiger partial charge on any atom is -0.461 e. The Morgan fingerprint density at radius 2 is 1.85 bits per heavy atom. The number of aromatic nitrogens is 3. The Hall–Kier alpha value is -2.73. The molecule has 0 aliphatic heterocycles. The lowest BCUT2D eigenvalue weighted by atomic mass is 10.2. The van der Waals surface area contributed by atoms with Gasteiger partial charge in [0, 0.05) is 4.47 Å². The molecule has 0 N–H and O–H groups in total. The van der Waals surface area contributed by atoms with Gasteiger partial charge in [0.2, 0.25) is 0 Å². The van der Waals surface area contributed by atoms with Gasteiger partial charge in [0.25, 0.3) is 0 Å². The van der Waals surface area contributed by atoms with Crippen LogP contribution >= 0.6 is 15.9 Å². The number of nitrogens with zero attached hydrogens (tertiary/aromatic N) is 3. The Labute approximate surface area is 160 Å². The lowest BCUT2D eigenvalue weighted by Crippen LogP contribution is -2.09. The number of benzene rings is 2. The molecule has 0 spiro atoms. The molecule has 0 saturated carbocycles. The number of rotatable bonds is 6. The molecule has 0 aliphatic rings. The Bertz CT molecular complexity index is 920. The molecule has 2 aromatic carbocycles. The lowest BCUT2D eigenvalue weighted by molar-refractivity contribution is 0.0519. The Balaban J connectivity index is 1.97. The van der Waals surface area contributed by atoms with Gasteiger partial charge in [-0.05, 0) is 30.2 Å². The van der Waals surface area contributed by atoms with Crippen LogP contribution in [-0.4, -0.2) is 27.6 Å². The summed E-state index contributed by atoms with van der Waals surface area (Å²) in [5, 5.41) is 8.19. The third-order valence-electron chi connectivity index (χ3n) is 3.74. The maximum atomic E-state index is 12.2. The molecule has 26 heavy (non-hydrogen) atoms.